The molecule has 0 aromatic carbocycles. The summed E-state index contributed by atoms with van der Waals surface area (Å²) in [4.78, 5) is 24.1. The molecule has 0 amide bonds. The molecule has 1 fully saturated rings. The predicted molar refractivity (Wildman–Crippen MR) is 77.2 cm³/mol. The van der Waals surface area contributed by atoms with Gasteiger partial charge in [-0.1, -0.05) is 13.3 Å². The maximum Gasteiger partial charge on any atom is 0.312 e. The minimum Gasteiger partial charge on any atom is -0.466 e. The van der Waals surface area contributed by atoms with Crippen LogP contribution in [-0.4, -0.2) is 24.1 Å². The summed E-state index contributed by atoms with van der Waals surface area (Å²) < 4.78 is 10.8. The Hall–Kier alpha value is -1.06. The maximum absolute atomic E-state index is 12.3. The summed E-state index contributed by atoms with van der Waals surface area (Å²) in [6, 6.07) is 0. The van der Waals surface area contributed by atoms with E-state index in [1.807, 2.05) is 20.8 Å². The van der Waals surface area contributed by atoms with Gasteiger partial charge in [-0.15, -0.1) is 0 Å². The van der Waals surface area contributed by atoms with E-state index in [1.54, 1.807) is 6.92 Å². The number of hydrogen-bond donors (Lipinski definition) is 0. The minimum atomic E-state index is -0.645. The van der Waals surface area contributed by atoms with Crippen molar-refractivity contribution in [3.05, 3.63) is 0 Å². The molecule has 4 heteroatoms. The van der Waals surface area contributed by atoms with Gasteiger partial charge in [0.15, 0.2) is 0 Å². The van der Waals surface area contributed by atoms with Crippen LogP contribution in [0.15, 0.2) is 0 Å². The first-order valence-electron chi connectivity index (χ1n) is 7.74. The van der Waals surface area contributed by atoms with Gasteiger partial charge in [0.05, 0.1) is 18.4 Å². The van der Waals surface area contributed by atoms with Gasteiger partial charge in [0.1, 0.15) is 5.60 Å². The molecule has 0 bridgehead atoms. The van der Waals surface area contributed by atoms with Gasteiger partial charge in [-0.2, -0.15) is 0 Å². The number of carbonyl (C=O) groups excluding carboxylic acids is 2. The number of esters is 2. The van der Waals surface area contributed by atoms with Crippen LogP contribution in [0.5, 0.6) is 0 Å². The van der Waals surface area contributed by atoms with Gasteiger partial charge in [0.25, 0.3) is 0 Å². The van der Waals surface area contributed by atoms with Crippen molar-refractivity contribution >= 4 is 11.9 Å². The van der Waals surface area contributed by atoms with Crippen molar-refractivity contribution in [2.45, 2.75) is 78.2 Å². The Morgan fingerprint density at radius 2 is 1.70 bits per heavy atom. The molecule has 0 atom stereocenters. The molecule has 0 aromatic rings. The highest BCUT2D eigenvalue weighted by Gasteiger charge is 2.41. The quantitative estimate of drug-likeness (QED) is 0.699. The highest BCUT2D eigenvalue weighted by molar-refractivity contribution is 5.77. The molecule has 116 valence electrons. The molecule has 0 N–H and O–H groups in total. The molecule has 20 heavy (non-hydrogen) atoms. The summed E-state index contributed by atoms with van der Waals surface area (Å²) in [7, 11) is 0. The van der Waals surface area contributed by atoms with Crippen LogP contribution in [0, 0.1) is 5.41 Å². The van der Waals surface area contributed by atoms with Crippen LogP contribution in [0.1, 0.15) is 72.6 Å². The van der Waals surface area contributed by atoms with Crippen molar-refractivity contribution in [2.24, 2.45) is 5.41 Å². The SMILES string of the molecule is CCOC(=O)CC1(OC(=O)C(C)(C)CC)CCCCC1. The lowest BCUT2D eigenvalue weighted by atomic mass is 9.81. The molecular formula is C16H28O4. The summed E-state index contributed by atoms with van der Waals surface area (Å²) in [6.07, 6.45) is 5.57. The molecule has 0 saturated heterocycles. The second-order valence-corrected chi connectivity index (χ2v) is 6.35. The third kappa shape index (κ3) is 4.50. The third-order valence-corrected chi connectivity index (χ3v) is 4.28. The molecular weight excluding hydrogens is 256 g/mol. The zero-order valence-electron chi connectivity index (χ0n) is 13.3. The highest BCUT2D eigenvalue weighted by atomic mass is 16.6. The summed E-state index contributed by atoms with van der Waals surface area (Å²) in [5.74, 6) is -0.470. The van der Waals surface area contributed by atoms with Crippen molar-refractivity contribution in [1.29, 1.82) is 0 Å². The van der Waals surface area contributed by atoms with Crippen LogP contribution in [0.4, 0.5) is 0 Å². The Balaban J connectivity index is 2.78. The molecule has 1 aliphatic rings. The first-order valence-corrected chi connectivity index (χ1v) is 7.74. The third-order valence-electron chi connectivity index (χ3n) is 4.28. The summed E-state index contributed by atoms with van der Waals surface area (Å²) in [6.45, 7) is 7.90. The van der Waals surface area contributed by atoms with E-state index in [4.69, 9.17) is 9.47 Å². The maximum atomic E-state index is 12.3. The van der Waals surface area contributed by atoms with E-state index < -0.39 is 11.0 Å². The molecule has 0 heterocycles. The lowest BCUT2D eigenvalue weighted by Gasteiger charge is -2.38. The molecule has 0 unspecified atom stereocenters. The number of ether oxygens (including phenoxy) is 2. The first-order chi connectivity index (χ1) is 9.35. The second-order valence-electron chi connectivity index (χ2n) is 6.35. The monoisotopic (exact) mass is 284 g/mol. The van der Waals surface area contributed by atoms with E-state index in [1.165, 1.54) is 0 Å². The fraction of sp³-hybridized carbons (Fsp3) is 0.875. The Morgan fingerprint density at radius 3 is 2.20 bits per heavy atom. The predicted octanol–water partition coefficient (Wildman–Crippen LogP) is 3.62. The Labute approximate surface area is 122 Å². The number of rotatable bonds is 6. The zero-order valence-corrected chi connectivity index (χ0v) is 13.3. The topological polar surface area (TPSA) is 52.6 Å². The van der Waals surface area contributed by atoms with E-state index in [-0.39, 0.29) is 18.4 Å². The van der Waals surface area contributed by atoms with Gasteiger partial charge in [-0.25, -0.2) is 0 Å². The number of hydrogen-bond acceptors (Lipinski definition) is 4. The van der Waals surface area contributed by atoms with E-state index in [0.29, 0.717) is 6.61 Å². The van der Waals surface area contributed by atoms with Crippen molar-refractivity contribution in [2.75, 3.05) is 6.61 Å². The van der Waals surface area contributed by atoms with E-state index in [0.717, 1.165) is 38.5 Å². The van der Waals surface area contributed by atoms with Crippen LogP contribution < -0.4 is 0 Å². The Kier molecular flexibility index (Phi) is 6.03. The fourth-order valence-electron chi connectivity index (χ4n) is 2.47. The van der Waals surface area contributed by atoms with Gasteiger partial charge >= 0.3 is 11.9 Å². The summed E-state index contributed by atoms with van der Waals surface area (Å²) in [5, 5.41) is 0. The molecule has 4 nitrogen and oxygen atoms in total. The van der Waals surface area contributed by atoms with Crippen LogP contribution >= 0.6 is 0 Å². The van der Waals surface area contributed by atoms with Crippen molar-refractivity contribution in [3.63, 3.8) is 0 Å². The van der Waals surface area contributed by atoms with Crippen molar-refractivity contribution in [3.8, 4) is 0 Å². The summed E-state index contributed by atoms with van der Waals surface area (Å²) in [5.41, 5.74) is -1.15. The Bertz CT molecular complexity index is 340. The van der Waals surface area contributed by atoms with Crippen LogP contribution in [0.2, 0.25) is 0 Å². The van der Waals surface area contributed by atoms with E-state index in [9.17, 15) is 9.59 Å². The highest BCUT2D eigenvalue weighted by Crippen LogP contribution is 2.37. The molecule has 0 aliphatic heterocycles. The van der Waals surface area contributed by atoms with Gasteiger partial charge < -0.3 is 9.47 Å². The average molecular weight is 284 g/mol. The molecule has 1 saturated carbocycles. The molecule has 0 spiro atoms. The van der Waals surface area contributed by atoms with Gasteiger partial charge in [0.2, 0.25) is 0 Å². The smallest absolute Gasteiger partial charge is 0.312 e. The standard InChI is InChI=1S/C16H28O4/c1-5-15(3,4)14(18)20-16(10-8-7-9-11-16)12-13(17)19-6-2/h5-12H2,1-4H3. The largest absolute Gasteiger partial charge is 0.466 e. The fourth-order valence-corrected chi connectivity index (χ4v) is 2.47. The van der Waals surface area contributed by atoms with Gasteiger partial charge in [-0.3, -0.25) is 9.59 Å². The van der Waals surface area contributed by atoms with E-state index >= 15 is 0 Å². The first kappa shape index (κ1) is 17.0. The van der Waals surface area contributed by atoms with E-state index in [2.05, 4.69) is 0 Å². The second kappa shape index (κ2) is 7.09. The normalized spacial score (nSPS) is 18.4. The molecule has 0 aromatic heterocycles. The van der Waals surface area contributed by atoms with Gasteiger partial charge in [0, 0.05) is 0 Å². The van der Waals surface area contributed by atoms with Crippen LogP contribution in [0.3, 0.4) is 0 Å². The average Bonchev–Trinajstić information content (AvgIpc) is 2.39. The summed E-state index contributed by atoms with van der Waals surface area (Å²) >= 11 is 0. The van der Waals surface area contributed by atoms with Crippen LogP contribution in [0.25, 0.3) is 0 Å². The molecule has 1 aliphatic carbocycles. The molecule has 1 rings (SSSR count). The Morgan fingerprint density at radius 1 is 1.10 bits per heavy atom. The number of carbonyl (C=O) groups is 2. The lowest BCUT2D eigenvalue weighted by Crippen LogP contribution is -2.43. The molecule has 0 radical (unpaired) electrons. The lowest BCUT2D eigenvalue weighted by molar-refractivity contribution is -0.179. The zero-order chi connectivity index (χ0) is 15.2. The minimum absolute atomic E-state index is 0.187. The van der Waals surface area contributed by atoms with Gasteiger partial charge in [-0.05, 0) is 52.9 Å². The van der Waals surface area contributed by atoms with Crippen molar-refractivity contribution < 1.29 is 19.1 Å². The van der Waals surface area contributed by atoms with Crippen molar-refractivity contribution in [1.82, 2.24) is 0 Å². The van der Waals surface area contributed by atoms with Crippen LogP contribution in [-0.2, 0) is 19.1 Å².